The Labute approximate surface area is 306 Å². The summed E-state index contributed by atoms with van der Waals surface area (Å²) in [6.45, 7) is 35.4. The van der Waals surface area contributed by atoms with Crippen LogP contribution in [0.15, 0.2) is 72.8 Å². The number of rotatable bonds is 17. The number of aryl methyl sites for hydroxylation is 4. The molecule has 0 saturated heterocycles. The van der Waals surface area contributed by atoms with Crippen molar-refractivity contribution < 1.29 is 0 Å². The first-order valence-electron chi connectivity index (χ1n) is 19.5. The fraction of sp³-hybridized carbons (Fsp3) is 0.478. The first-order chi connectivity index (χ1) is 24.1. The lowest BCUT2D eigenvalue weighted by molar-refractivity contribution is 0.677. The molecule has 0 amide bonds. The summed E-state index contributed by atoms with van der Waals surface area (Å²) in [6, 6.07) is 29.0. The summed E-state index contributed by atoms with van der Waals surface area (Å²) in [4.78, 5) is 9.83. The Morgan fingerprint density at radius 3 is 0.640 bits per heavy atom. The second kappa shape index (κ2) is 17.8. The quantitative estimate of drug-likeness (QED) is 0.110. The zero-order valence-electron chi connectivity index (χ0n) is 33.5. The van der Waals surface area contributed by atoms with Crippen molar-refractivity contribution in [2.24, 2.45) is 0 Å². The Bertz CT molecular complexity index is 1430. The summed E-state index contributed by atoms with van der Waals surface area (Å²) < 4.78 is 0. The SMILES string of the molecule is CCN(CC)c1ccc(C(c2ccc(N(CC)CC)cc2C)C(c2ccc(N(CC)CC)cc2C)c2ccc(N(CC)CC)cc2C)c(C)c1. The molecular formula is C46H66N4. The highest BCUT2D eigenvalue weighted by Crippen LogP contribution is 2.48. The molecule has 4 heteroatoms. The van der Waals surface area contributed by atoms with Gasteiger partial charge >= 0.3 is 0 Å². The Morgan fingerprint density at radius 2 is 0.500 bits per heavy atom. The molecule has 270 valence electrons. The van der Waals surface area contributed by atoms with Gasteiger partial charge in [0.05, 0.1) is 0 Å². The summed E-state index contributed by atoms with van der Waals surface area (Å²) >= 11 is 0. The van der Waals surface area contributed by atoms with E-state index in [9.17, 15) is 0 Å². The molecule has 0 aromatic heterocycles. The van der Waals surface area contributed by atoms with E-state index >= 15 is 0 Å². The maximum atomic E-state index is 2.46. The molecule has 4 rings (SSSR count). The molecular weight excluding hydrogens is 609 g/mol. The number of anilines is 4. The molecule has 0 aliphatic carbocycles. The Hall–Kier alpha value is -3.92. The number of hydrogen-bond donors (Lipinski definition) is 0. The minimum atomic E-state index is 0.127. The van der Waals surface area contributed by atoms with Gasteiger partial charge in [-0.15, -0.1) is 0 Å². The van der Waals surface area contributed by atoms with E-state index < -0.39 is 0 Å². The summed E-state index contributed by atoms with van der Waals surface area (Å²) in [5.74, 6) is 0.255. The highest BCUT2D eigenvalue weighted by molar-refractivity contribution is 5.62. The Morgan fingerprint density at radius 1 is 0.320 bits per heavy atom. The van der Waals surface area contributed by atoms with Gasteiger partial charge in [-0.2, -0.15) is 0 Å². The van der Waals surface area contributed by atoms with Crippen molar-refractivity contribution in [3.05, 3.63) is 117 Å². The lowest BCUT2D eigenvalue weighted by Gasteiger charge is -2.35. The maximum Gasteiger partial charge on any atom is 0.0368 e. The highest BCUT2D eigenvalue weighted by atomic mass is 15.1. The third-order valence-corrected chi connectivity index (χ3v) is 11.2. The molecule has 4 aromatic rings. The van der Waals surface area contributed by atoms with Gasteiger partial charge in [-0.25, -0.2) is 0 Å². The fourth-order valence-corrected chi connectivity index (χ4v) is 8.23. The molecule has 0 fully saturated rings. The molecule has 0 radical (unpaired) electrons. The van der Waals surface area contributed by atoms with Gasteiger partial charge in [-0.1, -0.05) is 24.3 Å². The fourth-order valence-electron chi connectivity index (χ4n) is 8.23. The van der Waals surface area contributed by atoms with Crippen molar-refractivity contribution in [1.82, 2.24) is 0 Å². The molecule has 0 spiro atoms. The zero-order chi connectivity index (χ0) is 36.5. The van der Waals surface area contributed by atoms with Crippen molar-refractivity contribution in [3.63, 3.8) is 0 Å². The molecule has 0 unspecified atom stereocenters. The van der Waals surface area contributed by atoms with Gasteiger partial charge in [0, 0.05) is 86.9 Å². The third-order valence-electron chi connectivity index (χ3n) is 11.2. The largest absolute Gasteiger partial charge is 0.372 e. The molecule has 0 N–H and O–H groups in total. The van der Waals surface area contributed by atoms with Crippen molar-refractivity contribution in [2.75, 3.05) is 72.0 Å². The molecule has 0 bridgehead atoms. The standard InChI is InChI=1S/C46H66N4/c1-13-47(14-2)37-21-25-41(33(9)29-37)45(42-26-22-38(30-34(42)10)48(15-3)16-4)46(43-27-23-39(31-35(43)11)49(17-5)18-6)44-28-24-40(32-36(44)12)50(19-7)20-8/h21-32,45-46H,13-20H2,1-12H3. The number of hydrogen-bond acceptors (Lipinski definition) is 4. The molecule has 0 atom stereocenters. The van der Waals surface area contributed by atoms with Crippen LogP contribution in [0, 0.1) is 27.7 Å². The van der Waals surface area contributed by atoms with Gasteiger partial charge in [0.25, 0.3) is 0 Å². The van der Waals surface area contributed by atoms with Gasteiger partial charge in [-0.3, -0.25) is 0 Å². The first kappa shape index (κ1) is 38.9. The van der Waals surface area contributed by atoms with E-state index in [4.69, 9.17) is 0 Å². The van der Waals surface area contributed by atoms with E-state index in [2.05, 4.69) is 175 Å². The normalized spacial score (nSPS) is 11.4. The molecule has 0 aliphatic rings. The molecule has 0 saturated carbocycles. The predicted molar refractivity (Wildman–Crippen MR) is 223 cm³/mol. The van der Waals surface area contributed by atoms with Crippen LogP contribution in [0.5, 0.6) is 0 Å². The number of benzene rings is 4. The number of nitrogens with zero attached hydrogens (tertiary/aromatic N) is 4. The van der Waals surface area contributed by atoms with Crippen LogP contribution in [0.4, 0.5) is 22.7 Å². The predicted octanol–water partition coefficient (Wildman–Crippen LogP) is 11.3. The van der Waals surface area contributed by atoms with E-state index in [-0.39, 0.29) is 11.8 Å². The molecule has 0 heterocycles. The van der Waals surface area contributed by atoms with Crippen molar-refractivity contribution in [3.8, 4) is 0 Å². The van der Waals surface area contributed by atoms with E-state index in [1.807, 2.05) is 0 Å². The van der Waals surface area contributed by atoms with E-state index in [0.29, 0.717) is 0 Å². The van der Waals surface area contributed by atoms with Gasteiger partial charge in [0.2, 0.25) is 0 Å². The zero-order valence-corrected chi connectivity index (χ0v) is 33.5. The topological polar surface area (TPSA) is 13.0 Å². The lowest BCUT2D eigenvalue weighted by atomic mass is 9.70. The Balaban J connectivity index is 2.08. The summed E-state index contributed by atoms with van der Waals surface area (Å²) in [5.41, 5.74) is 16.3. The van der Waals surface area contributed by atoms with Gasteiger partial charge in [0.1, 0.15) is 0 Å². The van der Waals surface area contributed by atoms with Crippen molar-refractivity contribution in [2.45, 2.75) is 94.9 Å². The molecule has 4 nitrogen and oxygen atoms in total. The molecule has 0 aliphatic heterocycles. The summed E-state index contributed by atoms with van der Waals surface area (Å²) in [6.07, 6.45) is 0. The summed E-state index contributed by atoms with van der Waals surface area (Å²) in [5, 5.41) is 0. The van der Waals surface area contributed by atoms with Crippen LogP contribution in [0.25, 0.3) is 0 Å². The van der Waals surface area contributed by atoms with Crippen LogP contribution in [0.2, 0.25) is 0 Å². The second-order valence-corrected chi connectivity index (χ2v) is 13.8. The highest BCUT2D eigenvalue weighted by Gasteiger charge is 2.33. The monoisotopic (exact) mass is 675 g/mol. The second-order valence-electron chi connectivity index (χ2n) is 13.8. The lowest BCUT2D eigenvalue weighted by Crippen LogP contribution is -2.24. The minimum absolute atomic E-state index is 0.127. The minimum Gasteiger partial charge on any atom is -0.372 e. The van der Waals surface area contributed by atoms with Crippen LogP contribution in [-0.4, -0.2) is 52.4 Å². The van der Waals surface area contributed by atoms with E-state index in [1.165, 1.54) is 67.3 Å². The smallest absolute Gasteiger partial charge is 0.0368 e. The van der Waals surface area contributed by atoms with Gasteiger partial charge < -0.3 is 19.6 Å². The average Bonchev–Trinajstić information content (AvgIpc) is 3.11. The van der Waals surface area contributed by atoms with Crippen LogP contribution in [0.1, 0.15) is 112 Å². The maximum absolute atomic E-state index is 2.46. The van der Waals surface area contributed by atoms with Crippen LogP contribution >= 0.6 is 0 Å². The van der Waals surface area contributed by atoms with E-state index in [1.54, 1.807) is 0 Å². The van der Waals surface area contributed by atoms with Crippen LogP contribution < -0.4 is 19.6 Å². The van der Waals surface area contributed by atoms with Crippen LogP contribution in [0.3, 0.4) is 0 Å². The molecule has 4 aromatic carbocycles. The van der Waals surface area contributed by atoms with Crippen LogP contribution in [-0.2, 0) is 0 Å². The molecule has 50 heavy (non-hydrogen) atoms. The van der Waals surface area contributed by atoms with E-state index in [0.717, 1.165) is 52.4 Å². The summed E-state index contributed by atoms with van der Waals surface area (Å²) in [7, 11) is 0. The van der Waals surface area contributed by atoms with Gasteiger partial charge in [-0.05, 0) is 176 Å². The Kier molecular flexibility index (Phi) is 13.9. The van der Waals surface area contributed by atoms with Gasteiger partial charge in [0.15, 0.2) is 0 Å². The third kappa shape index (κ3) is 8.17. The van der Waals surface area contributed by atoms with Crippen molar-refractivity contribution >= 4 is 22.7 Å². The first-order valence-corrected chi connectivity index (χ1v) is 19.5. The van der Waals surface area contributed by atoms with Crippen molar-refractivity contribution in [1.29, 1.82) is 0 Å². The average molecular weight is 675 g/mol.